The number of nitrogens with one attached hydrogen (secondary N) is 1. The summed E-state index contributed by atoms with van der Waals surface area (Å²) in [5, 5.41) is 14.2. The number of benzene rings is 2. The Morgan fingerprint density at radius 1 is 1.22 bits per heavy atom. The lowest BCUT2D eigenvalue weighted by Crippen LogP contribution is -2.43. The van der Waals surface area contributed by atoms with E-state index in [-0.39, 0.29) is 0 Å². The Bertz CT molecular complexity index is 583. The van der Waals surface area contributed by atoms with Crippen LogP contribution in [0.25, 0.3) is 10.8 Å². The molecule has 0 aliphatic rings. The number of hydrogen-bond donors (Lipinski definition) is 1. The summed E-state index contributed by atoms with van der Waals surface area (Å²) < 4.78 is 5.78. The van der Waals surface area contributed by atoms with Gasteiger partial charge in [0.2, 0.25) is 0 Å². The molecule has 92 valence electrons. The van der Waals surface area contributed by atoms with Gasteiger partial charge in [-0.1, -0.05) is 36.4 Å². The van der Waals surface area contributed by atoms with Crippen molar-refractivity contribution in [1.82, 2.24) is 5.32 Å². The predicted molar refractivity (Wildman–Crippen MR) is 72.5 cm³/mol. The fourth-order valence-electron chi connectivity index (χ4n) is 1.70. The first-order valence-corrected chi connectivity index (χ1v) is 5.89. The quantitative estimate of drug-likeness (QED) is 0.893. The first kappa shape index (κ1) is 12.4. The average molecular weight is 240 g/mol. The molecule has 2 aromatic rings. The molecule has 0 bridgehead atoms. The van der Waals surface area contributed by atoms with Gasteiger partial charge in [-0.3, -0.25) is 5.32 Å². The molecule has 0 aliphatic carbocycles. The summed E-state index contributed by atoms with van der Waals surface area (Å²) in [6, 6.07) is 16.2. The molecule has 0 heterocycles. The second kappa shape index (κ2) is 5.07. The van der Waals surface area contributed by atoms with Gasteiger partial charge < -0.3 is 4.74 Å². The normalized spacial score (nSPS) is 13.8. The van der Waals surface area contributed by atoms with E-state index < -0.39 is 5.54 Å². The van der Waals surface area contributed by atoms with Gasteiger partial charge in [-0.25, -0.2) is 0 Å². The molecule has 0 amide bonds. The molecule has 1 atom stereocenters. The van der Waals surface area contributed by atoms with Crippen molar-refractivity contribution in [3.05, 3.63) is 42.5 Å². The number of hydrogen-bond acceptors (Lipinski definition) is 3. The lowest BCUT2D eigenvalue weighted by molar-refractivity contribution is 0.245. The van der Waals surface area contributed by atoms with Crippen molar-refractivity contribution in [1.29, 1.82) is 5.26 Å². The molecule has 0 fully saturated rings. The van der Waals surface area contributed by atoms with Crippen LogP contribution in [0.5, 0.6) is 5.75 Å². The van der Waals surface area contributed by atoms with E-state index in [0.29, 0.717) is 6.61 Å². The highest BCUT2D eigenvalue weighted by atomic mass is 16.5. The molecule has 2 rings (SSSR count). The lowest BCUT2D eigenvalue weighted by Gasteiger charge is -2.21. The highest BCUT2D eigenvalue weighted by Gasteiger charge is 2.22. The van der Waals surface area contributed by atoms with Crippen LogP contribution in [0.3, 0.4) is 0 Å². The highest BCUT2D eigenvalue weighted by Crippen LogP contribution is 2.25. The summed E-state index contributed by atoms with van der Waals surface area (Å²) in [6.45, 7) is 2.13. The van der Waals surface area contributed by atoms with Gasteiger partial charge in [0.15, 0.2) is 0 Å². The van der Waals surface area contributed by atoms with Gasteiger partial charge in [-0.15, -0.1) is 0 Å². The summed E-state index contributed by atoms with van der Waals surface area (Å²) >= 11 is 0. The number of nitrogens with zero attached hydrogens (tertiary/aromatic N) is 1. The summed E-state index contributed by atoms with van der Waals surface area (Å²) in [5.41, 5.74) is -0.670. The molecule has 0 saturated carbocycles. The third-order valence-corrected chi connectivity index (χ3v) is 3.06. The maximum absolute atomic E-state index is 9.08. The van der Waals surface area contributed by atoms with E-state index >= 15 is 0 Å². The third kappa shape index (κ3) is 2.44. The Labute approximate surface area is 107 Å². The number of nitriles is 1. The second-order valence-electron chi connectivity index (χ2n) is 4.46. The molecule has 1 unspecified atom stereocenters. The van der Waals surface area contributed by atoms with Crippen LogP contribution in [-0.2, 0) is 0 Å². The van der Waals surface area contributed by atoms with Crippen LogP contribution in [0.2, 0.25) is 0 Å². The van der Waals surface area contributed by atoms with Crippen molar-refractivity contribution in [2.45, 2.75) is 12.5 Å². The largest absolute Gasteiger partial charge is 0.490 e. The van der Waals surface area contributed by atoms with E-state index in [1.807, 2.05) is 49.4 Å². The van der Waals surface area contributed by atoms with Crippen molar-refractivity contribution in [2.24, 2.45) is 0 Å². The van der Waals surface area contributed by atoms with Gasteiger partial charge in [-0.05, 0) is 25.4 Å². The number of rotatable bonds is 4. The minimum Gasteiger partial charge on any atom is -0.490 e. The van der Waals surface area contributed by atoms with Crippen LogP contribution in [0.4, 0.5) is 0 Å². The van der Waals surface area contributed by atoms with E-state index in [0.717, 1.165) is 16.5 Å². The van der Waals surface area contributed by atoms with Crippen molar-refractivity contribution >= 4 is 10.8 Å². The maximum atomic E-state index is 9.08. The zero-order valence-electron chi connectivity index (χ0n) is 10.6. The molecular formula is C15H16N2O. The van der Waals surface area contributed by atoms with Gasteiger partial charge in [0, 0.05) is 5.39 Å². The Morgan fingerprint density at radius 2 is 1.94 bits per heavy atom. The molecule has 0 saturated heterocycles. The second-order valence-corrected chi connectivity index (χ2v) is 4.46. The zero-order valence-corrected chi connectivity index (χ0v) is 10.6. The smallest absolute Gasteiger partial charge is 0.137 e. The van der Waals surface area contributed by atoms with Crippen LogP contribution in [0.1, 0.15) is 6.92 Å². The minimum atomic E-state index is -0.670. The lowest BCUT2D eigenvalue weighted by atomic mass is 10.1. The van der Waals surface area contributed by atoms with Crippen LogP contribution in [0, 0.1) is 11.3 Å². The van der Waals surface area contributed by atoms with Crippen LogP contribution < -0.4 is 10.1 Å². The van der Waals surface area contributed by atoms with Gasteiger partial charge in [0.25, 0.3) is 0 Å². The molecule has 1 N–H and O–H groups in total. The predicted octanol–water partition coefficient (Wildman–Crippen LogP) is 2.72. The molecule has 3 nitrogen and oxygen atoms in total. The zero-order chi connectivity index (χ0) is 13.0. The topological polar surface area (TPSA) is 45.0 Å². The molecule has 0 aliphatic heterocycles. The number of ether oxygens (including phenoxy) is 1. The summed E-state index contributed by atoms with van der Waals surface area (Å²) in [7, 11) is 1.76. The van der Waals surface area contributed by atoms with Crippen molar-refractivity contribution in [3.8, 4) is 11.8 Å². The number of fused-ring (bicyclic) bond motifs is 1. The summed E-state index contributed by atoms with van der Waals surface area (Å²) in [6.07, 6.45) is 0. The fourth-order valence-corrected chi connectivity index (χ4v) is 1.70. The van der Waals surface area contributed by atoms with E-state index in [1.54, 1.807) is 7.05 Å². The Hall–Kier alpha value is -2.05. The first-order chi connectivity index (χ1) is 8.68. The fraction of sp³-hybridized carbons (Fsp3) is 0.267. The summed E-state index contributed by atoms with van der Waals surface area (Å²) in [5.74, 6) is 0.810. The van der Waals surface area contributed by atoms with E-state index in [1.165, 1.54) is 0 Å². The van der Waals surface area contributed by atoms with Gasteiger partial charge >= 0.3 is 0 Å². The molecule has 3 heteroatoms. The molecule has 0 radical (unpaired) electrons. The first-order valence-electron chi connectivity index (χ1n) is 5.89. The molecule has 18 heavy (non-hydrogen) atoms. The maximum Gasteiger partial charge on any atom is 0.137 e. The third-order valence-electron chi connectivity index (χ3n) is 3.06. The van der Waals surface area contributed by atoms with Gasteiger partial charge in [0.05, 0.1) is 6.07 Å². The summed E-state index contributed by atoms with van der Waals surface area (Å²) in [4.78, 5) is 0. The Kier molecular flexibility index (Phi) is 3.50. The molecule has 0 aromatic heterocycles. The Morgan fingerprint density at radius 3 is 2.67 bits per heavy atom. The standard InChI is InChI=1S/C15H16N2O/c1-15(10-16,17-2)11-18-14-9-5-7-12-6-3-4-8-13(12)14/h3-9,17H,11H2,1-2H3. The van der Waals surface area contributed by atoms with Crippen LogP contribution >= 0.6 is 0 Å². The van der Waals surface area contributed by atoms with E-state index in [4.69, 9.17) is 10.00 Å². The molecular weight excluding hydrogens is 224 g/mol. The highest BCUT2D eigenvalue weighted by molar-refractivity contribution is 5.88. The van der Waals surface area contributed by atoms with Crippen molar-refractivity contribution in [3.63, 3.8) is 0 Å². The van der Waals surface area contributed by atoms with Crippen molar-refractivity contribution < 1.29 is 4.74 Å². The van der Waals surface area contributed by atoms with Crippen LogP contribution in [0.15, 0.2) is 42.5 Å². The van der Waals surface area contributed by atoms with Gasteiger partial charge in [0.1, 0.15) is 17.9 Å². The molecule has 0 spiro atoms. The number of likely N-dealkylation sites (N-methyl/N-ethyl adjacent to an activating group) is 1. The molecule has 2 aromatic carbocycles. The van der Waals surface area contributed by atoms with E-state index in [9.17, 15) is 0 Å². The van der Waals surface area contributed by atoms with Crippen LogP contribution in [-0.4, -0.2) is 19.2 Å². The minimum absolute atomic E-state index is 0.313. The van der Waals surface area contributed by atoms with Gasteiger partial charge in [-0.2, -0.15) is 5.26 Å². The van der Waals surface area contributed by atoms with Crippen molar-refractivity contribution in [2.75, 3.05) is 13.7 Å². The monoisotopic (exact) mass is 240 g/mol. The average Bonchev–Trinajstić information content (AvgIpc) is 2.44. The SMILES string of the molecule is CNC(C)(C#N)COc1cccc2ccccc12. The van der Waals surface area contributed by atoms with E-state index in [2.05, 4.69) is 11.4 Å². The Balaban J connectivity index is 2.25.